The van der Waals surface area contributed by atoms with Crippen LogP contribution in [0.3, 0.4) is 0 Å². The summed E-state index contributed by atoms with van der Waals surface area (Å²) < 4.78 is 40.6. The number of fused-ring (bicyclic) bond motifs is 1. The molecule has 10 heteroatoms. The Hall–Kier alpha value is -4.00. The molecule has 0 spiro atoms. The summed E-state index contributed by atoms with van der Waals surface area (Å²) in [6.45, 7) is 4.72. The van der Waals surface area contributed by atoms with Crippen LogP contribution in [-0.2, 0) is 4.79 Å². The molecule has 0 saturated carbocycles. The molecule has 0 radical (unpaired) electrons. The Morgan fingerprint density at radius 2 is 2.06 bits per heavy atom. The summed E-state index contributed by atoms with van der Waals surface area (Å²) in [5, 5.41) is 4.10. The van der Waals surface area contributed by atoms with Crippen LogP contribution in [0.5, 0.6) is 5.75 Å². The van der Waals surface area contributed by atoms with Gasteiger partial charge in [-0.1, -0.05) is 12.5 Å². The molecule has 0 aliphatic carbocycles. The van der Waals surface area contributed by atoms with E-state index in [1.54, 1.807) is 11.0 Å². The van der Waals surface area contributed by atoms with Crippen molar-refractivity contribution in [1.29, 1.82) is 0 Å². The van der Waals surface area contributed by atoms with Crippen LogP contribution in [0.4, 0.5) is 19.0 Å². The van der Waals surface area contributed by atoms with Gasteiger partial charge >= 0.3 is 6.36 Å². The van der Waals surface area contributed by atoms with E-state index in [2.05, 4.69) is 43.4 Å². The van der Waals surface area contributed by atoms with Gasteiger partial charge in [0.1, 0.15) is 23.5 Å². The number of H-pyrrole nitrogens is 1. The van der Waals surface area contributed by atoms with Gasteiger partial charge in [0.25, 0.3) is 0 Å². The van der Waals surface area contributed by atoms with Crippen molar-refractivity contribution in [3.05, 3.63) is 60.6 Å². The van der Waals surface area contributed by atoms with Crippen LogP contribution in [0, 0.1) is 11.8 Å². The number of nitrogens with zero attached hydrogens (tertiary/aromatic N) is 3. The second-order valence-corrected chi connectivity index (χ2v) is 7.11. The molecule has 1 saturated heterocycles. The van der Waals surface area contributed by atoms with E-state index in [1.165, 1.54) is 36.7 Å². The van der Waals surface area contributed by atoms with Crippen molar-refractivity contribution in [1.82, 2.24) is 19.9 Å². The lowest BCUT2D eigenvalue weighted by Gasteiger charge is -2.15. The Kier molecular flexibility index (Phi) is 5.73. The number of carbonyl (C=O) groups excluding carboxylic acids is 1. The maximum Gasteiger partial charge on any atom is 0.573 e. The van der Waals surface area contributed by atoms with Gasteiger partial charge in [0.05, 0.1) is 11.1 Å². The molecule has 7 nitrogen and oxygen atoms in total. The van der Waals surface area contributed by atoms with Crippen LogP contribution < -0.4 is 10.1 Å². The summed E-state index contributed by atoms with van der Waals surface area (Å²) in [6, 6.07) is 7.16. The molecule has 2 N–H and O–H groups in total. The predicted molar refractivity (Wildman–Crippen MR) is 112 cm³/mol. The van der Waals surface area contributed by atoms with Crippen LogP contribution >= 0.6 is 0 Å². The van der Waals surface area contributed by atoms with Crippen molar-refractivity contribution < 1.29 is 22.7 Å². The molecule has 3 aromatic rings. The summed E-state index contributed by atoms with van der Waals surface area (Å²) >= 11 is 0. The number of alkyl halides is 3. The number of halogens is 3. The van der Waals surface area contributed by atoms with Crippen molar-refractivity contribution in [3.8, 4) is 17.6 Å². The number of carbonyl (C=O) groups is 1. The minimum absolute atomic E-state index is 0.0545. The first-order valence-corrected chi connectivity index (χ1v) is 9.70. The lowest BCUT2D eigenvalue weighted by molar-refractivity contribution is -0.274. The van der Waals surface area contributed by atoms with Gasteiger partial charge in [-0.3, -0.25) is 4.79 Å². The summed E-state index contributed by atoms with van der Waals surface area (Å²) in [6.07, 6.45) is -1.21. The van der Waals surface area contributed by atoms with Gasteiger partial charge in [-0.05, 0) is 48.7 Å². The Morgan fingerprint density at radius 3 is 2.78 bits per heavy atom. The van der Waals surface area contributed by atoms with Crippen LogP contribution in [0.1, 0.15) is 17.7 Å². The highest BCUT2D eigenvalue weighted by Gasteiger charge is 2.31. The zero-order chi connectivity index (χ0) is 22.7. The number of hydrogen-bond donors (Lipinski definition) is 2. The van der Waals surface area contributed by atoms with Gasteiger partial charge in [-0.15, -0.1) is 13.2 Å². The van der Waals surface area contributed by atoms with Gasteiger partial charge in [0, 0.05) is 24.7 Å². The van der Waals surface area contributed by atoms with Gasteiger partial charge in [-0.2, -0.15) is 0 Å². The highest BCUT2D eigenvalue weighted by atomic mass is 19.4. The quantitative estimate of drug-likeness (QED) is 0.479. The van der Waals surface area contributed by atoms with E-state index >= 15 is 0 Å². The third kappa shape index (κ3) is 5.00. The molecule has 1 aliphatic heterocycles. The first kappa shape index (κ1) is 21.2. The fraction of sp³-hybridized carbons (Fsp3) is 0.227. The van der Waals surface area contributed by atoms with Crippen molar-refractivity contribution in [2.24, 2.45) is 0 Å². The minimum atomic E-state index is -4.73. The monoisotopic (exact) mass is 441 g/mol. The molecule has 1 atom stereocenters. The predicted octanol–water partition coefficient (Wildman–Crippen LogP) is 3.46. The highest BCUT2D eigenvalue weighted by molar-refractivity contribution is 5.89. The van der Waals surface area contributed by atoms with Crippen LogP contribution in [0.25, 0.3) is 11.0 Å². The number of aromatic amines is 1. The van der Waals surface area contributed by atoms with Gasteiger partial charge in [0.15, 0.2) is 0 Å². The normalized spacial score (nSPS) is 15.8. The summed E-state index contributed by atoms with van der Waals surface area (Å²) in [7, 11) is 0. The number of aromatic nitrogens is 3. The van der Waals surface area contributed by atoms with Crippen molar-refractivity contribution in [3.63, 3.8) is 0 Å². The van der Waals surface area contributed by atoms with E-state index in [4.69, 9.17) is 0 Å². The Morgan fingerprint density at radius 1 is 1.28 bits per heavy atom. The van der Waals surface area contributed by atoms with Crippen molar-refractivity contribution >= 4 is 22.8 Å². The minimum Gasteiger partial charge on any atom is -0.406 e. The lowest BCUT2D eigenvalue weighted by atomic mass is 10.2. The van der Waals surface area contributed by atoms with Gasteiger partial charge in [0.2, 0.25) is 5.91 Å². The van der Waals surface area contributed by atoms with E-state index in [0.717, 1.165) is 11.8 Å². The number of ether oxygens (including phenoxy) is 1. The smallest absolute Gasteiger partial charge is 0.406 e. The molecular weight excluding hydrogens is 423 g/mol. The summed E-state index contributed by atoms with van der Waals surface area (Å²) in [5.41, 5.74) is 1.70. The number of amides is 1. The lowest BCUT2D eigenvalue weighted by Crippen LogP contribution is -2.30. The zero-order valence-electron chi connectivity index (χ0n) is 16.7. The van der Waals surface area contributed by atoms with Gasteiger partial charge in [-0.25, -0.2) is 9.97 Å². The van der Waals surface area contributed by atoms with E-state index in [9.17, 15) is 18.0 Å². The standard InChI is InChI=1S/C22H18F3N5O2/c1-2-19(31)30-10-9-16(12-30)29-21-18-11-15(28-20(18)26-13-27-21)6-3-14-4-7-17(8-5-14)32-22(23,24)25/h2,4-5,7-8,11,13,16H,1,9-10,12H2,(H2,26,27,28,29)/t16-/m1/s1. The molecule has 32 heavy (non-hydrogen) atoms. The third-order valence-corrected chi connectivity index (χ3v) is 4.87. The van der Waals surface area contributed by atoms with Crippen molar-refractivity contribution in [2.45, 2.75) is 18.8 Å². The molecule has 1 aromatic carbocycles. The zero-order valence-corrected chi connectivity index (χ0v) is 16.7. The number of rotatable bonds is 4. The average Bonchev–Trinajstić information content (AvgIpc) is 3.39. The maximum absolute atomic E-state index is 12.3. The Labute approximate surface area is 181 Å². The topological polar surface area (TPSA) is 83.1 Å². The second kappa shape index (κ2) is 8.63. The maximum atomic E-state index is 12.3. The number of hydrogen-bond acceptors (Lipinski definition) is 5. The molecule has 1 aliphatic rings. The number of anilines is 1. The van der Waals surface area contributed by atoms with Crippen LogP contribution in [-0.4, -0.2) is 51.3 Å². The van der Waals surface area contributed by atoms with E-state index in [-0.39, 0.29) is 17.7 Å². The molecule has 3 heterocycles. The van der Waals surface area contributed by atoms with E-state index in [1.807, 2.05) is 0 Å². The molecule has 0 bridgehead atoms. The Balaban J connectivity index is 1.48. The molecule has 1 amide bonds. The van der Waals surface area contributed by atoms with E-state index < -0.39 is 6.36 Å². The molecule has 4 rings (SSSR count). The first-order valence-electron chi connectivity index (χ1n) is 9.70. The van der Waals surface area contributed by atoms with Gasteiger partial charge < -0.3 is 19.9 Å². The van der Waals surface area contributed by atoms with Crippen LogP contribution in [0.2, 0.25) is 0 Å². The fourth-order valence-electron chi connectivity index (χ4n) is 3.40. The number of benzene rings is 1. The molecule has 2 aromatic heterocycles. The van der Waals surface area contributed by atoms with Crippen LogP contribution in [0.15, 0.2) is 49.3 Å². The summed E-state index contributed by atoms with van der Waals surface area (Å²) in [5.74, 6) is 6.06. The molecule has 1 fully saturated rings. The first-order chi connectivity index (χ1) is 15.3. The fourth-order valence-corrected chi connectivity index (χ4v) is 3.40. The molecular formula is C22H18F3N5O2. The molecule has 164 valence electrons. The molecule has 0 unspecified atom stereocenters. The average molecular weight is 441 g/mol. The van der Waals surface area contributed by atoms with Crippen molar-refractivity contribution in [2.75, 3.05) is 18.4 Å². The van der Waals surface area contributed by atoms with E-state index in [0.29, 0.717) is 35.8 Å². The summed E-state index contributed by atoms with van der Waals surface area (Å²) in [4.78, 5) is 25.1. The third-order valence-electron chi connectivity index (χ3n) is 4.87. The highest BCUT2D eigenvalue weighted by Crippen LogP contribution is 2.24. The SMILES string of the molecule is C=CC(=O)N1CC[C@@H](Nc2ncnc3[nH]c(C#Cc4ccc(OC(F)(F)F)cc4)cc23)C1. The second-order valence-electron chi connectivity index (χ2n) is 7.11. The Bertz CT molecular complexity index is 1210. The largest absolute Gasteiger partial charge is 0.573 e. The number of nitrogens with one attached hydrogen (secondary N) is 2. The number of likely N-dealkylation sites (tertiary alicyclic amines) is 1.